The summed E-state index contributed by atoms with van der Waals surface area (Å²) in [5.74, 6) is 0. The van der Waals surface area contributed by atoms with Gasteiger partial charge in [-0.25, -0.2) is 28.2 Å². The number of halogens is 12. The first-order chi connectivity index (χ1) is 50.2. The number of hydrogen-bond acceptors (Lipinski definition) is 2. The van der Waals surface area contributed by atoms with Crippen LogP contribution < -0.4 is 43.1 Å². The molecule has 0 aliphatic rings. The number of nitrogens with one attached hydrogen (secondary N) is 1. The number of rotatable bonds is 40. The number of hydrogen-bond donors (Lipinski definition) is 1. The van der Waals surface area contributed by atoms with Crippen molar-refractivity contribution < 1.29 is 43.1 Å². The summed E-state index contributed by atoms with van der Waals surface area (Å²) in [6, 6.07) is 44.9. The van der Waals surface area contributed by atoms with E-state index >= 15 is 0 Å². The third-order valence-electron chi connectivity index (χ3n) is 18.2. The van der Waals surface area contributed by atoms with E-state index < -0.39 is 0 Å². The lowest BCUT2D eigenvalue weighted by molar-refractivity contribution is -0.685. The highest BCUT2D eigenvalue weighted by molar-refractivity contribution is 9.09. The summed E-state index contributed by atoms with van der Waals surface area (Å²) < 4.78 is 10.2. The van der Waals surface area contributed by atoms with Crippen molar-refractivity contribution in [2.75, 3.05) is 5.33 Å². The van der Waals surface area contributed by atoms with Gasteiger partial charge in [0.2, 0.25) is 12.7 Å². The molecule has 8 nitrogen and oxygen atoms in total. The van der Waals surface area contributed by atoms with Gasteiger partial charge in [-0.2, -0.15) is 0 Å². The number of aromatic nitrogens is 8. The summed E-state index contributed by atoms with van der Waals surface area (Å²) in [5, 5.41) is 14.0. The lowest BCUT2D eigenvalue weighted by Crippen LogP contribution is -3.00. The van der Waals surface area contributed by atoms with Gasteiger partial charge in [-0.1, -0.05) is 388 Å². The Labute approximate surface area is 708 Å². The summed E-state index contributed by atoms with van der Waals surface area (Å²) in [6.07, 6.45) is 50.2. The van der Waals surface area contributed by atoms with E-state index in [1.807, 2.05) is 13.7 Å². The second-order valence-electron chi connectivity index (χ2n) is 26.8. The molecular formula is C85H116Br4Cl8N8. The van der Waals surface area contributed by atoms with Crippen molar-refractivity contribution in [3.63, 3.8) is 0 Å². The highest BCUT2D eigenvalue weighted by Crippen LogP contribution is 2.26. The van der Waals surface area contributed by atoms with Crippen molar-refractivity contribution in [1.82, 2.24) is 28.7 Å². The smallest absolute Gasteiger partial charge is 0.255 e. The Morgan fingerprint density at radius 1 is 0.343 bits per heavy atom. The predicted molar refractivity (Wildman–Crippen MR) is 457 cm³/mol. The topological polar surface area (TPSA) is 64.1 Å². The molecule has 0 fully saturated rings. The van der Waals surface area contributed by atoms with Gasteiger partial charge in [0.1, 0.15) is 23.4 Å². The van der Waals surface area contributed by atoms with E-state index in [-0.39, 0.29) is 34.0 Å². The number of benzene rings is 6. The van der Waals surface area contributed by atoms with Crippen LogP contribution in [0.1, 0.15) is 250 Å². The molecule has 4 heterocycles. The molecule has 105 heavy (non-hydrogen) atoms. The molecule has 0 saturated heterocycles. The quantitative estimate of drug-likeness (QED) is 0.0236. The molecule has 10 rings (SSSR count). The summed E-state index contributed by atoms with van der Waals surface area (Å²) >= 11 is 55.3. The van der Waals surface area contributed by atoms with Crippen LogP contribution in [0, 0.1) is 0 Å². The molecule has 1 N–H and O–H groups in total. The summed E-state index contributed by atoms with van der Waals surface area (Å²) in [5.41, 5.74) is 3.78. The van der Waals surface area contributed by atoms with Crippen molar-refractivity contribution in [1.29, 1.82) is 0 Å². The highest BCUT2D eigenvalue weighted by atomic mass is 79.9. The molecule has 0 saturated carbocycles. The van der Waals surface area contributed by atoms with E-state index in [2.05, 4.69) is 224 Å². The molecule has 0 bridgehead atoms. The number of alkyl halides is 2. The summed E-state index contributed by atoms with van der Waals surface area (Å²) in [6.45, 7) is 13.3. The lowest BCUT2D eigenvalue weighted by atomic mass is 10.1. The molecule has 580 valence electrons. The van der Waals surface area contributed by atoms with Crippen LogP contribution in [-0.2, 0) is 38.1 Å². The van der Waals surface area contributed by atoms with Crippen LogP contribution in [0.15, 0.2) is 153 Å². The Morgan fingerprint density at radius 3 is 0.952 bits per heavy atom. The lowest BCUT2D eigenvalue weighted by Gasteiger charge is -2.04. The Bertz CT molecular complexity index is 3680. The van der Waals surface area contributed by atoms with Crippen molar-refractivity contribution >= 4 is 157 Å². The molecule has 10 aromatic rings. The highest BCUT2D eigenvalue weighted by Gasteiger charge is 2.22. The number of imidazole rings is 4. The van der Waals surface area contributed by atoms with Gasteiger partial charge < -0.3 is 43.5 Å². The minimum Gasteiger partial charge on any atom is -1.00 e. The minimum atomic E-state index is 0. The first kappa shape index (κ1) is 96.4. The first-order valence-corrected chi connectivity index (χ1v) is 43.6. The van der Waals surface area contributed by atoms with Crippen LogP contribution in [-0.4, -0.2) is 34.0 Å². The fourth-order valence-electron chi connectivity index (χ4n) is 12.2. The van der Waals surface area contributed by atoms with Gasteiger partial charge in [0.15, 0.2) is 10.3 Å². The number of nitrogens with zero attached hydrogens (tertiary/aromatic N) is 7. The Kier molecular flexibility index (Phi) is 55.0. The largest absolute Gasteiger partial charge is 1.00 e. The van der Waals surface area contributed by atoms with Crippen LogP contribution in [0.4, 0.5) is 0 Å². The number of fused-ring (bicyclic) bond motifs is 3. The molecular weight excluding hydrogens is 1740 g/mol. The van der Waals surface area contributed by atoms with Gasteiger partial charge >= 0.3 is 0 Å². The Balaban J connectivity index is 0.000000345. The summed E-state index contributed by atoms with van der Waals surface area (Å²) in [7, 11) is 0. The standard InChI is InChI=1S/2C24H31Cl2N2.C13H22Cl2N2.C11H9Br.C10H21Br.C3H2Cl2N2.2BrH/c2*1-2-3-4-5-6-7-8-11-16-27-19-28(24(26)23(27)25)18-20-14-15-21-12-9-10-13-22(21)17-20;1-2-3-4-5-6-7-8-9-10-17-11-16-12(14)13(17)15;12-8-9-5-6-10-3-1-2-4-11(10)7-9;1-2-3-4-5-6-7-8-9-10-11;4-2-3(5)7-1-6-2;;/h2*9-10,12-15,17,19H,2-8,11,16,18H2,1H3;11H,2-10H2,1H3;1-7H,8H2;2-10H2,1H3;1H,(H,6,7);2*1H/q2*+1;;;;;;/p-2. The number of H-pyrrole nitrogens is 1. The van der Waals surface area contributed by atoms with E-state index in [1.165, 1.54) is 247 Å². The molecule has 0 aliphatic carbocycles. The first-order valence-electron chi connectivity index (χ1n) is 38.4. The summed E-state index contributed by atoms with van der Waals surface area (Å²) in [4.78, 5) is 10.1. The molecule has 0 radical (unpaired) electrons. The molecule has 0 amide bonds. The van der Waals surface area contributed by atoms with E-state index in [4.69, 9.17) is 92.8 Å². The zero-order chi connectivity index (χ0) is 74.1. The maximum absolute atomic E-state index is 6.50. The van der Waals surface area contributed by atoms with E-state index in [1.54, 1.807) is 6.33 Å². The zero-order valence-electron chi connectivity index (χ0n) is 62.7. The second-order valence-corrected chi connectivity index (χ2v) is 31.1. The van der Waals surface area contributed by atoms with Crippen LogP contribution >= 0.6 is 125 Å². The molecule has 20 heteroatoms. The average Bonchev–Trinajstić information content (AvgIpc) is 1.74. The molecule has 0 aliphatic heterocycles. The fourth-order valence-corrected chi connectivity index (χ4v) is 14.3. The van der Waals surface area contributed by atoms with Gasteiger partial charge in [-0.05, 0) is 146 Å². The minimum absolute atomic E-state index is 0. The zero-order valence-corrected chi connectivity index (χ0v) is 75.1. The number of aromatic amines is 1. The Hall–Kier alpha value is -2.82. The third kappa shape index (κ3) is 38.8. The van der Waals surface area contributed by atoms with Gasteiger partial charge in [0.25, 0.3) is 20.6 Å². The number of unbranched alkanes of at least 4 members (excludes halogenated alkanes) is 28. The molecule has 4 aromatic heterocycles. The van der Waals surface area contributed by atoms with Crippen LogP contribution in [0.2, 0.25) is 41.2 Å². The molecule has 0 spiro atoms. The van der Waals surface area contributed by atoms with Crippen molar-refractivity contribution in [3.05, 3.63) is 211 Å². The molecule has 0 unspecified atom stereocenters. The van der Waals surface area contributed by atoms with E-state index in [0.717, 1.165) is 57.3 Å². The van der Waals surface area contributed by atoms with E-state index in [0.29, 0.717) is 41.2 Å². The number of aryl methyl sites for hydroxylation is 3. The maximum atomic E-state index is 6.50. The molecule has 0 atom stereocenters. The van der Waals surface area contributed by atoms with Crippen molar-refractivity contribution in [3.8, 4) is 0 Å². The van der Waals surface area contributed by atoms with Gasteiger partial charge in [-0.15, -0.1) is 0 Å². The van der Waals surface area contributed by atoms with Crippen molar-refractivity contribution in [2.45, 2.75) is 271 Å². The van der Waals surface area contributed by atoms with Crippen LogP contribution in [0.3, 0.4) is 0 Å². The second kappa shape index (κ2) is 59.9. The van der Waals surface area contributed by atoms with E-state index in [9.17, 15) is 0 Å². The fraction of sp³-hybridized carbons (Fsp3) is 0.506. The SMILES string of the molecule is BrCc1ccc2ccccc2c1.CCCCCCCCCCBr.CCCCCCCCCCn1c[n+](Cc2ccc3ccccc3c2)c(Cl)c1Cl.CCCCCCCCCCn1c[n+](Cc2ccc3ccccc3c2)c(Cl)c1Cl.CCCCCCCCCCn1cnc(Cl)c1Cl.Clc1nc[nH]c1Cl.[Br-].[Br-]. The van der Waals surface area contributed by atoms with Crippen LogP contribution in [0.25, 0.3) is 32.3 Å². The molecule has 6 aromatic carbocycles. The van der Waals surface area contributed by atoms with Crippen molar-refractivity contribution in [2.24, 2.45) is 0 Å². The predicted octanol–water partition coefficient (Wildman–Crippen LogP) is 24.2. The van der Waals surface area contributed by atoms with Gasteiger partial charge in [-0.3, -0.25) is 0 Å². The normalized spacial score (nSPS) is 10.8. The monoisotopic (exact) mass is 1840 g/mol. The maximum Gasteiger partial charge on any atom is 0.255 e. The Morgan fingerprint density at radius 2 is 0.657 bits per heavy atom. The third-order valence-corrected chi connectivity index (χ3v) is 22.7. The average molecular weight is 1850 g/mol. The van der Waals surface area contributed by atoms with Gasteiger partial charge in [0.05, 0.1) is 25.7 Å². The van der Waals surface area contributed by atoms with Crippen LogP contribution in [0.5, 0.6) is 0 Å². The van der Waals surface area contributed by atoms with Gasteiger partial charge in [0, 0.05) is 17.2 Å².